The summed E-state index contributed by atoms with van der Waals surface area (Å²) in [4.78, 5) is 28.4. The maximum atomic E-state index is 15.0. The Labute approximate surface area is 196 Å². The summed E-state index contributed by atoms with van der Waals surface area (Å²) in [6.07, 6.45) is 1.48. The second-order valence-electron chi connectivity index (χ2n) is 9.00. The van der Waals surface area contributed by atoms with E-state index in [2.05, 4.69) is 15.6 Å². The van der Waals surface area contributed by atoms with Crippen molar-refractivity contribution in [3.8, 4) is 0 Å². The molecule has 34 heavy (non-hydrogen) atoms. The third-order valence-electron chi connectivity index (χ3n) is 5.19. The summed E-state index contributed by atoms with van der Waals surface area (Å²) >= 11 is 0. The van der Waals surface area contributed by atoms with Crippen LogP contribution in [0.2, 0.25) is 0 Å². The molecule has 8 nitrogen and oxygen atoms in total. The molecule has 0 fully saturated rings. The molecule has 2 heterocycles. The summed E-state index contributed by atoms with van der Waals surface area (Å²) in [6, 6.07) is 15.4. The largest absolute Gasteiger partial charge is 0.467 e. The minimum atomic E-state index is -1.23. The van der Waals surface area contributed by atoms with E-state index in [-0.39, 0.29) is 18.7 Å². The summed E-state index contributed by atoms with van der Waals surface area (Å²) in [5.74, 6) is -1.06. The first-order valence-electron chi connectivity index (χ1n) is 10.9. The van der Waals surface area contributed by atoms with Crippen LogP contribution in [0.15, 0.2) is 71.3 Å². The van der Waals surface area contributed by atoms with Gasteiger partial charge in [0.1, 0.15) is 29.7 Å². The van der Waals surface area contributed by atoms with E-state index in [9.17, 15) is 14.0 Å². The standard InChI is InChI=1S/C25H26FN5O3/c1-25(2,3)27-24(33)23(18-10-4-5-11-19(18)26)30(15-17-9-8-14-34-17)22(32)16-31-21-13-7-6-12-20(21)28-29-31/h4-14,23H,15-16H2,1-3H3,(H,27,33)/t23-/m1/s1. The van der Waals surface area contributed by atoms with Gasteiger partial charge in [-0.1, -0.05) is 35.5 Å². The number of nitrogens with one attached hydrogen (secondary N) is 1. The molecule has 9 heteroatoms. The average Bonchev–Trinajstić information content (AvgIpc) is 3.43. The highest BCUT2D eigenvalue weighted by Crippen LogP contribution is 2.27. The fourth-order valence-corrected chi connectivity index (χ4v) is 3.73. The summed E-state index contributed by atoms with van der Waals surface area (Å²) in [7, 11) is 0. The highest BCUT2D eigenvalue weighted by Gasteiger charge is 2.35. The minimum Gasteiger partial charge on any atom is -0.467 e. The average molecular weight is 464 g/mol. The van der Waals surface area contributed by atoms with Gasteiger partial charge in [0, 0.05) is 11.1 Å². The molecule has 0 spiro atoms. The number of carbonyl (C=O) groups excluding carboxylic acids is 2. The summed E-state index contributed by atoms with van der Waals surface area (Å²) in [5, 5.41) is 11.1. The molecular formula is C25H26FN5O3. The van der Waals surface area contributed by atoms with Crippen LogP contribution in [0.25, 0.3) is 11.0 Å². The molecule has 2 amide bonds. The van der Waals surface area contributed by atoms with Crippen LogP contribution in [0.3, 0.4) is 0 Å². The number of benzene rings is 2. The monoisotopic (exact) mass is 463 g/mol. The Morgan fingerprint density at radius 3 is 2.53 bits per heavy atom. The lowest BCUT2D eigenvalue weighted by atomic mass is 10.0. The van der Waals surface area contributed by atoms with E-state index in [0.29, 0.717) is 16.8 Å². The molecule has 0 radical (unpaired) electrons. The number of carbonyl (C=O) groups is 2. The van der Waals surface area contributed by atoms with E-state index in [1.807, 2.05) is 32.9 Å². The number of hydrogen-bond acceptors (Lipinski definition) is 5. The first-order valence-corrected chi connectivity index (χ1v) is 10.9. The van der Waals surface area contributed by atoms with E-state index in [1.165, 1.54) is 34.0 Å². The quantitative estimate of drug-likeness (QED) is 0.449. The molecule has 176 valence electrons. The molecule has 4 rings (SSSR count). The van der Waals surface area contributed by atoms with Crippen molar-refractivity contribution in [2.24, 2.45) is 0 Å². The number of para-hydroxylation sites is 1. The Balaban J connectivity index is 1.76. The predicted octanol–water partition coefficient (Wildman–Crippen LogP) is 3.85. The molecule has 2 aromatic carbocycles. The van der Waals surface area contributed by atoms with Crippen molar-refractivity contribution in [2.75, 3.05) is 0 Å². The Morgan fingerprint density at radius 2 is 1.82 bits per heavy atom. The van der Waals surface area contributed by atoms with Crippen molar-refractivity contribution in [1.82, 2.24) is 25.2 Å². The van der Waals surface area contributed by atoms with Crippen molar-refractivity contribution >= 4 is 22.8 Å². The third-order valence-corrected chi connectivity index (χ3v) is 5.19. The van der Waals surface area contributed by atoms with E-state index < -0.39 is 29.2 Å². The smallest absolute Gasteiger partial charge is 0.247 e. The predicted molar refractivity (Wildman–Crippen MR) is 124 cm³/mol. The highest BCUT2D eigenvalue weighted by molar-refractivity contribution is 5.89. The van der Waals surface area contributed by atoms with E-state index in [4.69, 9.17) is 4.42 Å². The van der Waals surface area contributed by atoms with Crippen LogP contribution in [0.4, 0.5) is 4.39 Å². The number of nitrogens with zero attached hydrogens (tertiary/aromatic N) is 4. The zero-order valence-corrected chi connectivity index (χ0v) is 19.2. The molecule has 4 aromatic rings. The molecule has 0 unspecified atom stereocenters. The molecule has 0 aliphatic heterocycles. The molecule has 0 aliphatic carbocycles. The zero-order chi connectivity index (χ0) is 24.3. The minimum absolute atomic E-state index is 0.0327. The summed E-state index contributed by atoms with van der Waals surface area (Å²) < 4.78 is 21.9. The van der Waals surface area contributed by atoms with Crippen molar-refractivity contribution in [3.05, 3.63) is 84.1 Å². The Kier molecular flexibility index (Phi) is 6.45. The molecule has 1 atom stereocenters. The first kappa shape index (κ1) is 23.2. The molecular weight excluding hydrogens is 437 g/mol. The number of halogens is 1. The highest BCUT2D eigenvalue weighted by atomic mass is 19.1. The Morgan fingerprint density at radius 1 is 1.09 bits per heavy atom. The molecule has 0 bridgehead atoms. The van der Waals surface area contributed by atoms with Crippen LogP contribution >= 0.6 is 0 Å². The second-order valence-corrected chi connectivity index (χ2v) is 9.00. The van der Waals surface area contributed by atoms with Gasteiger partial charge in [0.25, 0.3) is 0 Å². The zero-order valence-electron chi connectivity index (χ0n) is 19.2. The van der Waals surface area contributed by atoms with Crippen LogP contribution in [0.1, 0.15) is 38.1 Å². The number of hydrogen-bond donors (Lipinski definition) is 1. The lowest BCUT2D eigenvalue weighted by molar-refractivity contribution is -0.143. The lowest BCUT2D eigenvalue weighted by Crippen LogP contribution is -2.49. The number of aromatic nitrogens is 3. The fraction of sp³-hybridized carbons (Fsp3) is 0.280. The van der Waals surface area contributed by atoms with Crippen molar-refractivity contribution in [2.45, 2.75) is 45.4 Å². The van der Waals surface area contributed by atoms with Gasteiger partial charge >= 0.3 is 0 Å². The summed E-state index contributed by atoms with van der Waals surface area (Å²) in [6.45, 7) is 5.25. The maximum absolute atomic E-state index is 15.0. The van der Waals surface area contributed by atoms with E-state index >= 15 is 0 Å². The lowest BCUT2D eigenvalue weighted by Gasteiger charge is -2.33. The normalized spacial score (nSPS) is 12.5. The SMILES string of the molecule is CC(C)(C)NC(=O)[C@@H](c1ccccc1F)N(Cc1ccco1)C(=O)Cn1nnc2ccccc21. The van der Waals surface area contributed by atoms with Gasteiger partial charge in [-0.15, -0.1) is 5.10 Å². The van der Waals surface area contributed by atoms with Crippen LogP contribution in [-0.2, 0) is 22.7 Å². The second kappa shape index (κ2) is 9.46. The number of furan rings is 1. The topological polar surface area (TPSA) is 93.3 Å². The number of rotatable bonds is 7. The van der Waals surface area contributed by atoms with Crippen molar-refractivity contribution < 1.29 is 18.4 Å². The van der Waals surface area contributed by atoms with Gasteiger partial charge in [-0.25, -0.2) is 9.07 Å². The van der Waals surface area contributed by atoms with E-state index in [1.54, 1.807) is 30.3 Å². The maximum Gasteiger partial charge on any atom is 0.247 e. The fourth-order valence-electron chi connectivity index (χ4n) is 3.73. The first-order chi connectivity index (χ1) is 16.2. The molecule has 0 aliphatic rings. The molecule has 0 saturated carbocycles. The van der Waals surface area contributed by atoms with Gasteiger partial charge < -0.3 is 14.6 Å². The van der Waals surface area contributed by atoms with Crippen LogP contribution in [0.5, 0.6) is 0 Å². The van der Waals surface area contributed by atoms with Crippen LogP contribution in [-0.4, -0.2) is 37.2 Å². The van der Waals surface area contributed by atoms with Crippen molar-refractivity contribution in [1.29, 1.82) is 0 Å². The Bertz CT molecular complexity index is 1290. The third kappa shape index (κ3) is 5.14. The van der Waals surface area contributed by atoms with E-state index in [0.717, 1.165) is 0 Å². The van der Waals surface area contributed by atoms with Gasteiger partial charge in [-0.3, -0.25) is 9.59 Å². The van der Waals surface area contributed by atoms with Gasteiger partial charge in [0.05, 0.1) is 18.3 Å². The van der Waals surface area contributed by atoms with Gasteiger partial charge in [0.15, 0.2) is 0 Å². The van der Waals surface area contributed by atoms with Crippen molar-refractivity contribution in [3.63, 3.8) is 0 Å². The van der Waals surface area contributed by atoms with Gasteiger partial charge in [-0.2, -0.15) is 0 Å². The van der Waals surface area contributed by atoms with Crippen LogP contribution in [0, 0.1) is 5.82 Å². The van der Waals surface area contributed by atoms with Gasteiger partial charge in [0.2, 0.25) is 11.8 Å². The summed E-state index contributed by atoms with van der Waals surface area (Å²) in [5.41, 5.74) is 0.814. The Hall–Kier alpha value is -4.01. The number of fused-ring (bicyclic) bond motifs is 1. The molecule has 0 saturated heterocycles. The van der Waals surface area contributed by atoms with Crippen LogP contribution < -0.4 is 5.32 Å². The van der Waals surface area contributed by atoms with Gasteiger partial charge in [-0.05, 0) is 51.1 Å². The molecule has 2 aromatic heterocycles. The molecule has 1 N–H and O–H groups in total. The number of amides is 2.